The van der Waals surface area contributed by atoms with Gasteiger partial charge in [0.2, 0.25) is 10.0 Å². The lowest BCUT2D eigenvalue weighted by atomic mass is 9.79. The van der Waals surface area contributed by atoms with Gasteiger partial charge < -0.3 is 14.6 Å². The highest BCUT2D eigenvalue weighted by atomic mass is 32.2. The maximum absolute atomic E-state index is 12.3. The Kier molecular flexibility index (Phi) is 5.41. The molecule has 6 nitrogen and oxygen atoms in total. The van der Waals surface area contributed by atoms with Crippen LogP contribution in [-0.2, 0) is 19.3 Å². The van der Waals surface area contributed by atoms with E-state index in [2.05, 4.69) is 10.0 Å². The van der Waals surface area contributed by atoms with Crippen molar-refractivity contribution in [3.05, 3.63) is 24.3 Å². The number of rotatable bonds is 8. The number of hydrogen-bond donors (Lipinski definition) is 2. The molecular weight excluding hydrogens is 351 g/mol. The van der Waals surface area contributed by atoms with Crippen LogP contribution < -0.4 is 15.5 Å². The monoisotopic (exact) mass is 380 g/mol. The molecule has 0 atom stereocenters. The van der Waals surface area contributed by atoms with Crippen LogP contribution in [0.3, 0.4) is 0 Å². The number of benzene rings is 1. The van der Waals surface area contributed by atoms with E-state index < -0.39 is 28.3 Å². The van der Waals surface area contributed by atoms with Crippen molar-refractivity contribution in [1.82, 2.24) is 5.32 Å². The Morgan fingerprint density at radius 2 is 1.81 bits per heavy atom. The molecule has 8 heteroatoms. The number of anilines is 1. The summed E-state index contributed by atoms with van der Waals surface area (Å²) in [4.78, 5) is 0. The van der Waals surface area contributed by atoms with Crippen molar-refractivity contribution in [1.29, 1.82) is 0 Å². The quantitative estimate of drug-likeness (QED) is 0.531. The fourth-order valence-corrected chi connectivity index (χ4v) is 3.79. The van der Waals surface area contributed by atoms with Crippen molar-refractivity contribution in [3.8, 4) is 0 Å². The van der Waals surface area contributed by atoms with E-state index >= 15 is 0 Å². The minimum atomic E-state index is -3.39. The first-order valence-electron chi connectivity index (χ1n) is 9.25. The molecule has 1 saturated carbocycles. The third-order valence-corrected chi connectivity index (χ3v) is 6.65. The van der Waals surface area contributed by atoms with E-state index in [1.807, 2.05) is 39.8 Å². The molecule has 26 heavy (non-hydrogen) atoms. The van der Waals surface area contributed by atoms with Gasteiger partial charge in [-0.1, -0.05) is 12.1 Å². The van der Waals surface area contributed by atoms with E-state index in [1.54, 1.807) is 12.1 Å². The van der Waals surface area contributed by atoms with Gasteiger partial charge in [0.1, 0.15) is 0 Å². The van der Waals surface area contributed by atoms with Gasteiger partial charge in [0.15, 0.2) is 0 Å². The van der Waals surface area contributed by atoms with Crippen LogP contribution in [0.25, 0.3) is 0 Å². The third-order valence-electron chi connectivity index (χ3n) is 5.36. The van der Waals surface area contributed by atoms with Gasteiger partial charge >= 0.3 is 7.12 Å². The molecule has 0 aromatic heterocycles. The van der Waals surface area contributed by atoms with Gasteiger partial charge in [-0.05, 0) is 70.6 Å². The highest BCUT2D eigenvalue weighted by molar-refractivity contribution is 7.92. The van der Waals surface area contributed by atoms with E-state index in [0.29, 0.717) is 12.2 Å². The van der Waals surface area contributed by atoms with Gasteiger partial charge in [-0.15, -0.1) is 0 Å². The van der Waals surface area contributed by atoms with Crippen molar-refractivity contribution in [2.24, 2.45) is 5.92 Å². The molecule has 0 unspecified atom stereocenters. The summed E-state index contributed by atoms with van der Waals surface area (Å²) in [5, 5.41) is 3.20. The summed E-state index contributed by atoms with van der Waals surface area (Å²) >= 11 is 0. The van der Waals surface area contributed by atoms with Crippen molar-refractivity contribution in [3.63, 3.8) is 0 Å². The fourth-order valence-electron chi connectivity index (χ4n) is 2.79. The molecule has 0 radical (unpaired) electrons. The Balaban J connectivity index is 1.60. The van der Waals surface area contributed by atoms with E-state index in [1.165, 1.54) is 12.8 Å². The summed E-state index contributed by atoms with van der Waals surface area (Å²) in [6, 6.07) is 7.21. The Morgan fingerprint density at radius 3 is 2.42 bits per heavy atom. The Hall–Kier alpha value is -1.09. The minimum Gasteiger partial charge on any atom is -0.399 e. The van der Waals surface area contributed by atoms with Gasteiger partial charge in [-0.25, -0.2) is 8.42 Å². The van der Waals surface area contributed by atoms with Gasteiger partial charge in [-0.2, -0.15) is 0 Å². The Labute approximate surface area is 157 Å². The van der Waals surface area contributed by atoms with Gasteiger partial charge in [0.05, 0.1) is 17.0 Å². The van der Waals surface area contributed by atoms with E-state index in [0.717, 1.165) is 17.9 Å². The zero-order valence-electron chi connectivity index (χ0n) is 16.0. The molecular formula is C18H29BN2O4S. The number of nitrogens with one attached hydrogen (secondary N) is 2. The predicted octanol–water partition coefficient (Wildman–Crippen LogP) is 1.73. The highest BCUT2D eigenvalue weighted by Gasteiger charge is 2.51. The maximum Gasteiger partial charge on any atom is 0.494 e. The lowest BCUT2D eigenvalue weighted by Gasteiger charge is -2.32. The second kappa shape index (κ2) is 7.15. The number of hydrogen-bond acceptors (Lipinski definition) is 5. The average molecular weight is 380 g/mol. The maximum atomic E-state index is 12.3. The molecule has 0 bridgehead atoms. The molecule has 1 heterocycles. The van der Waals surface area contributed by atoms with Gasteiger partial charge in [0.25, 0.3) is 0 Å². The second-order valence-electron chi connectivity index (χ2n) is 8.28. The standard InChI is InChI=1S/C18H29BN2O4S/c1-17(2)18(3,4)25-19(24-17)15-6-5-7-16(12-15)21-26(22,23)11-10-20-13-14-8-9-14/h5-7,12,14,20-21H,8-11,13H2,1-4H3. The molecule has 144 valence electrons. The lowest BCUT2D eigenvalue weighted by Crippen LogP contribution is -2.41. The smallest absolute Gasteiger partial charge is 0.399 e. The average Bonchev–Trinajstić information content (AvgIpc) is 3.31. The first kappa shape index (κ1) is 19.7. The second-order valence-corrected chi connectivity index (χ2v) is 10.1. The highest BCUT2D eigenvalue weighted by Crippen LogP contribution is 2.36. The first-order valence-corrected chi connectivity index (χ1v) is 10.9. The van der Waals surface area contributed by atoms with Crippen LogP contribution >= 0.6 is 0 Å². The molecule has 2 fully saturated rings. The summed E-state index contributed by atoms with van der Waals surface area (Å²) in [5.74, 6) is 0.794. The zero-order valence-corrected chi connectivity index (χ0v) is 16.9. The first-order chi connectivity index (χ1) is 12.1. The fraction of sp³-hybridized carbons (Fsp3) is 0.667. The molecule has 1 aromatic rings. The lowest BCUT2D eigenvalue weighted by molar-refractivity contribution is 0.00578. The largest absolute Gasteiger partial charge is 0.494 e. The molecule has 3 rings (SSSR count). The zero-order chi connectivity index (χ0) is 19.0. The molecule has 1 saturated heterocycles. The summed E-state index contributed by atoms with van der Waals surface area (Å²) in [6.07, 6.45) is 2.51. The van der Waals surface area contributed by atoms with Crippen LogP contribution in [0.15, 0.2) is 24.3 Å². The van der Waals surface area contributed by atoms with Crippen LogP contribution in [0.2, 0.25) is 0 Å². The van der Waals surface area contributed by atoms with Crippen molar-refractivity contribution < 1.29 is 17.7 Å². The molecule has 2 N–H and O–H groups in total. The van der Waals surface area contributed by atoms with Crippen LogP contribution in [-0.4, -0.2) is 45.6 Å². The van der Waals surface area contributed by atoms with E-state index in [4.69, 9.17) is 9.31 Å². The Bertz CT molecular complexity index is 731. The molecule has 2 aliphatic rings. The predicted molar refractivity (Wildman–Crippen MR) is 105 cm³/mol. The topological polar surface area (TPSA) is 76.7 Å². The summed E-state index contributed by atoms with van der Waals surface area (Å²) in [7, 11) is -3.90. The van der Waals surface area contributed by atoms with Gasteiger partial charge in [-0.3, -0.25) is 4.72 Å². The summed E-state index contributed by atoms with van der Waals surface area (Å²) in [5.41, 5.74) is 0.468. The molecule has 0 spiro atoms. The van der Waals surface area contributed by atoms with E-state index in [9.17, 15) is 8.42 Å². The molecule has 1 aliphatic carbocycles. The molecule has 1 aliphatic heterocycles. The molecule has 0 amide bonds. The molecule has 1 aromatic carbocycles. The van der Waals surface area contributed by atoms with Crippen LogP contribution in [0.5, 0.6) is 0 Å². The summed E-state index contributed by atoms with van der Waals surface area (Å²) < 4.78 is 39.3. The van der Waals surface area contributed by atoms with Crippen molar-refractivity contribution in [2.45, 2.75) is 51.7 Å². The van der Waals surface area contributed by atoms with Crippen LogP contribution in [0, 0.1) is 5.92 Å². The normalized spacial score (nSPS) is 21.8. The SMILES string of the molecule is CC1(C)OB(c2cccc(NS(=O)(=O)CCNCC3CC3)c2)OC1(C)C. The van der Waals surface area contributed by atoms with Crippen molar-refractivity contribution in [2.75, 3.05) is 23.6 Å². The van der Waals surface area contributed by atoms with Crippen LogP contribution in [0.4, 0.5) is 5.69 Å². The van der Waals surface area contributed by atoms with Crippen LogP contribution in [0.1, 0.15) is 40.5 Å². The third kappa shape index (κ3) is 4.79. The Morgan fingerprint density at radius 1 is 1.15 bits per heavy atom. The minimum absolute atomic E-state index is 0.0560. The van der Waals surface area contributed by atoms with E-state index in [-0.39, 0.29) is 5.75 Å². The van der Waals surface area contributed by atoms with Gasteiger partial charge in [0, 0.05) is 12.2 Å². The number of sulfonamides is 1. The summed E-state index contributed by atoms with van der Waals surface area (Å²) in [6.45, 7) is 9.35. The van der Waals surface area contributed by atoms with Crippen molar-refractivity contribution >= 4 is 28.3 Å².